The number of aryl methyl sites for hydroxylation is 1. The molecule has 26 heavy (non-hydrogen) atoms. The number of nitrogen functional groups attached to an aromatic ring is 1. The second-order valence-electron chi connectivity index (χ2n) is 5.92. The third-order valence-corrected chi connectivity index (χ3v) is 4.44. The summed E-state index contributed by atoms with van der Waals surface area (Å²) in [6.45, 7) is 0. The van der Waals surface area contributed by atoms with Crippen molar-refractivity contribution < 1.29 is 0 Å². The number of halogens is 1. The Kier molecular flexibility index (Phi) is 4.08. The number of pyridine rings is 1. The van der Waals surface area contributed by atoms with E-state index in [1.54, 1.807) is 0 Å². The van der Waals surface area contributed by atoms with Crippen LogP contribution in [0, 0.1) is 11.8 Å². The Morgan fingerprint density at radius 3 is 2.46 bits per heavy atom. The maximum atomic E-state index is 5.92. The van der Waals surface area contributed by atoms with Crippen LogP contribution in [0.15, 0.2) is 60.8 Å². The molecule has 5 heteroatoms. The third kappa shape index (κ3) is 3.13. The molecule has 2 N–H and O–H groups in total. The molecule has 2 aromatic carbocycles. The topological polar surface area (TPSA) is 56.7 Å². The van der Waals surface area contributed by atoms with Gasteiger partial charge in [-0.15, -0.1) is 0 Å². The molecule has 0 atom stereocenters. The largest absolute Gasteiger partial charge is 0.369 e. The molecule has 126 valence electrons. The molecular formula is C21H15ClN4. The fraction of sp³-hybridized carbons (Fsp3) is 0.0476. The molecule has 0 unspecified atom stereocenters. The van der Waals surface area contributed by atoms with Crippen LogP contribution in [0.2, 0.25) is 5.02 Å². The Morgan fingerprint density at radius 2 is 1.73 bits per heavy atom. The fourth-order valence-corrected chi connectivity index (χ4v) is 2.84. The Morgan fingerprint density at radius 1 is 0.962 bits per heavy atom. The molecule has 4 nitrogen and oxygen atoms in total. The Hall–Kier alpha value is -3.29. The molecule has 0 aliphatic carbocycles. The van der Waals surface area contributed by atoms with Crippen molar-refractivity contribution in [3.63, 3.8) is 0 Å². The molecule has 0 radical (unpaired) electrons. The smallest absolute Gasteiger partial charge is 0.200 e. The van der Waals surface area contributed by atoms with Crippen LogP contribution in [0.4, 0.5) is 5.95 Å². The van der Waals surface area contributed by atoms with Gasteiger partial charge in [0.05, 0.1) is 11.0 Å². The van der Waals surface area contributed by atoms with Gasteiger partial charge in [0.2, 0.25) is 5.95 Å². The highest BCUT2D eigenvalue weighted by Gasteiger charge is 2.04. The number of fused-ring (bicyclic) bond motifs is 1. The molecule has 0 aliphatic heterocycles. The molecule has 2 heterocycles. The van der Waals surface area contributed by atoms with Gasteiger partial charge < -0.3 is 10.3 Å². The second kappa shape index (κ2) is 6.55. The normalized spacial score (nSPS) is 10.5. The van der Waals surface area contributed by atoms with Crippen LogP contribution in [-0.2, 0) is 7.05 Å². The Balaban J connectivity index is 1.59. The van der Waals surface area contributed by atoms with Gasteiger partial charge in [0.25, 0.3) is 0 Å². The van der Waals surface area contributed by atoms with E-state index in [1.165, 1.54) is 0 Å². The Labute approximate surface area is 156 Å². The van der Waals surface area contributed by atoms with E-state index >= 15 is 0 Å². The van der Waals surface area contributed by atoms with Gasteiger partial charge in [0.1, 0.15) is 5.69 Å². The second-order valence-corrected chi connectivity index (χ2v) is 6.36. The van der Waals surface area contributed by atoms with Crippen molar-refractivity contribution in [3.8, 4) is 23.0 Å². The number of rotatable bonds is 1. The number of imidazole rings is 1. The van der Waals surface area contributed by atoms with Crippen molar-refractivity contribution in [2.45, 2.75) is 0 Å². The molecule has 0 spiro atoms. The molecule has 4 rings (SSSR count). The number of anilines is 1. The van der Waals surface area contributed by atoms with Crippen LogP contribution < -0.4 is 5.73 Å². The predicted molar refractivity (Wildman–Crippen MR) is 106 cm³/mol. The summed E-state index contributed by atoms with van der Waals surface area (Å²) in [5.74, 6) is 6.71. The van der Waals surface area contributed by atoms with E-state index in [4.69, 9.17) is 17.3 Å². The summed E-state index contributed by atoms with van der Waals surface area (Å²) in [5.41, 5.74) is 11.3. The van der Waals surface area contributed by atoms with Gasteiger partial charge in [-0.25, -0.2) is 9.97 Å². The van der Waals surface area contributed by atoms with Gasteiger partial charge in [-0.2, -0.15) is 0 Å². The van der Waals surface area contributed by atoms with Crippen LogP contribution in [-0.4, -0.2) is 14.5 Å². The highest BCUT2D eigenvalue weighted by Crippen LogP contribution is 2.21. The van der Waals surface area contributed by atoms with Crippen LogP contribution >= 0.6 is 11.6 Å². The summed E-state index contributed by atoms with van der Waals surface area (Å²) in [4.78, 5) is 8.75. The minimum absolute atomic E-state index is 0.490. The lowest BCUT2D eigenvalue weighted by Gasteiger charge is -2.01. The van der Waals surface area contributed by atoms with E-state index in [0.29, 0.717) is 11.6 Å². The number of nitrogens with zero attached hydrogens (tertiary/aromatic N) is 3. The van der Waals surface area contributed by atoms with Crippen molar-refractivity contribution >= 4 is 28.6 Å². The molecule has 0 aliphatic rings. The molecule has 2 aromatic heterocycles. The summed E-state index contributed by atoms with van der Waals surface area (Å²) >= 11 is 5.92. The number of aromatic nitrogens is 3. The maximum absolute atomic E-state index is 5.92. The first-order valence-electron chi connectivity index (χ1n) is 8.06. The molecule has 0 fully saturated rings. The first kappa shape index (κ1) is 16.2. The lowest BCUT2D eigenvalue weighted by molar-refractivity contribution is 0.965. The number of hydrogen-bond donors (Lipinski definition) is 1. The minimum Gasteiger partial charge on any atom is -0.369 e. The van der Waals surface area contributed by atoms with Crippen LogP contribution in [0.3, 0.4) is 0 Å². The first-order chi connectivity index (χ1) is 12.6. The van der Waals surface area contributed by atoms with Gasteiger partial charge in [-0.05, 0) is 47.9 Å². The third-order valence-electron chi connectivity index (χ3n) is 4.19. The average Bonchev–Trinajstić information content (AvgIpc) is 2.95. The Bertz CT molecular complexity index is 1150. The SMILES string of the molecule is Cn1c(N)nc2cc(C#Cc3ccc(-c4ccc(Cl)cc4)cn3)ccc21. The van der Waals surface area contributed by atoms with Crippen molar-refractivity contribution in [3.05, 3.63) is 77.1 Å². The summed E-state index contributed by atoms with van der Waals surface area (Å²) in [6, 6.07) is 17.4. The summed E-state index contributed by atoms with van der Waals surface area (Å²) in [7, 11) is 1.89. The summed E-state index contributed by atoms with van der Waals surface area (Å²) < 4.78 is 1.85. The number of nitrogens with two attached hydrogens (primary N) is 1. The summed E-state index contributed by atoms with van der Waals surface area (Å²) in [5, 5.41) is 0.718. The van der Waals surface area contributed by atoms with Gasteiger partial charge in [-0.3, -0.25) is 0 Å². The van der Waals surface area contributed by atoms with E-state index < -0.39 is 0 Å². The quantitative estimate of drug-likeness (QED) is 0.517. The van der Waals surface area contributed by atoms with Crippen LogP contribution in [0.25, 0.3) is 22.2 Å². The number of hydrogen-bond acceptors (Lipinski definition) is 3. The zero-order valence-electron chi connectivity index (χ0n) is 14.1. The molecule has 0 saturated heterocycles. The first-order valence-corrected chi connectivity index (χ1v) is 8.44. The van der Waals surface area contributed by atoms with Crippen molar-refractivity contribution in [2.75, 3.05) is 5.73 Å². The van der Waals surface area contributed by atoms with Crippen molar-refractivity contribution in [2.24, 2.45) is 7.05 Å². The predicted octanol–water partition coefficient (Wildman–Crippen LogP) is 4.27. The molecule has 4 aromatic rings. The lowest BCUT2D eigenvalue weighted by atomic mass is 10.1. The van der Waals surface area contributed by atoms with Gasteiger partial charge >= 0.3 is 0 Å². The highest BCUT2D eigenvalue weighted by molar-refractivity contribution is 6.30. The fourth-order valence-electron chi connectivity index (χ4n) is 2.71. The maximum Gasteiger partial charge on any atom is 0.200 e. The molecule has 0 bridgehead atoms. The van der Waals surface area contributed by atoms with Crippen LogP contribution in [0.1, 0.15) is 11.3 Å². The standard InChI is InChI=1S/C21H15ClN4/c1-26-20-11-3-14(12-19(20)25-21(26)23)2-9-18-10-6-16(13-24-18)15-4-7-17(22)8-5-15/h3-8,10-13H,1H3,(H2,23,25). The summed E-state index contributed by atoms with van der Waals surface area (Å²) in [6.07, 6.45) is 1.82. The average molecular weight is 359 g/mol. The van der Waals surface area contributed by atoms with E-state index in [2.05, 4.69) is 21.8 Å². The zero-order valence-corrected chi connectivity index (χ0v) is 14.8. The zero-order chi connectivity index (χ0) is 18.1. The minimum atomic E-state index is 0.490. The van der Waals surface area contributed by atoms with Crippen molar-refractivity contribution in [1.29, 1.82) is 0 Å². The van der Waals surface area contributed by atoms with Crippen molar-refractivity contribution in [1.82, 2.24) is 14.5 Å². The van der Waals surface area contributed by atoms with E-state index in [9.17, 15) is 0 Å². The van der Waals surface area contributed by atoms with E-state index in [0.717, 1.165) is 32.7 Å². The van der Waals surface area contributed by atoms with Gasteiger partial charge in [0.15, 0.2) is 0 Å². The van der Waals surface area contributed by atoms with E-state index in [-0.39, 0.29) is 0 Å². The van der Waals surface area contributed by atoms with Crippen LogP contribution in [0.5, 0.6) is 0 Å². The van der Waals surface area contributed by atoms with E-state index in [1.807, 2.05) is 72.4 Å². The highest BCUT2D eigenvalue weighted by atomic mass is 35.5. The lowest BCUT2D eigenvalue weighted by Crippen LogP contribution is -1.95. The monoisotopic (exact) mass is 358 g/mol. The molecule has 0 saturated carbocycles. The van der Waals surface area contributed by atoms with Gasteiger partial charge in [0, 0.05) is 29.4 Å². The number of benzene rings is 2. The van der Waals surface area contributed by atoms with Gasteiger partial charge in [-0.1, -0.05) is 35.7 Å². The molecular weight excluding hydrogens is 344 g/mol. The molecule has 0 amide bonds.